The van der Waals surface area contributed by atoms with E-state index in [9.17, 15) is 22.8 Å². The maximum absolute atomic E-state index is 12.0. The normalized spacial score (nSPS) is 12.8. The quantitative estimate of drug-likeness (QED) is 0.848. The summed E-state index contributed by atoms with van der Waals surface area (Å²) in [5.41, 5.74) is 1.16. The lowest BCUT2D eigenvalue weighted by Gasteiger charge is -2.09. The molecule has 1 aromatic carbocycles. The molecular formula is C14H16F3NO3. The molecule has 0 fully saturated rings. The molecule has 1 amide bonds. The number of anilines is 1. The number of halogens is 3. The fourth-order valence-electron chi connectivity index (χ4n) is 1.64. The first-order chi connectivity index (χ1) is 9.67. The highest BCUT2D eigenvalue weighted by atomic mass is 19.4. The summed E-state index contributed by atoms with van der Waals surface area (Å²) in [5, 5.41) is 11.2. The highest BCUT2D eigenvalue weighted by Crippen LogP contribution is 2.21. The number of hydrogen-bond acceptors (Lipinski definition) is 2. The van der Waals surface area contributed by atoms with Crippen molar-refractivity contribution >= 4 is 17.6 Å². The van der Waals surface area contributed by atoms with Gasteiger partial charge < -0.3 is 10.4 Å². The van der Waals surface area contributed by atoms with Gasteiger partial charge in [-0.15, -0.1) is 0 Å². The summed E-state index contributed by atoms with van der Waals surface area (Å²) < 4.78 is 35.9. The van der Waals surface area contributed by atoms with Crippen molar-refractivity contribution in [3.8, 4) is 0 Å². The van der Waals surface area contributed by atoms with Crippen LogP contribution in [0.25, 0.3) is 0 Å². The molecule has 0 aromatic heterocycles. The number of hydrogen-bond donors (Lipinski definition) is 2. The molecule has 0 radical (unpaired) electrons. The van der Waals surface area contributed by atoms with Gasteiger partial charge in [0.15, 0.2) is 0 Å². The van der Waals surface area contributed by atoms with Gasteiger partial charge in [0.25, 0.3) is 0 Å². The maximum Gasteiger partial charge on any atom is 0.389 e. The lowest BCUT2D eigenvalue weighted by molar-refractivity contribution is -0.142. The average molecular weight is 303 g/mol. The maximum atomic E-state index is 12.0. The van der Waals surface area contributed by atoms with Crippen LogP contribution < -0.4 is 5.32 Å². The van der Waals surface area contributed by atoms with Crippen LogP contribution in [0.4, 0.5) is 18.9 Å². The van der Waals surface area contributed by atoms with Crippen LogP contribution in [-0.4, -0.2) is 23.2 Å². The van der Waals surface area contributed by atoms with Gasteiger partial charge in [0, 0.05) is 12.1 Å². The molecule has 0 heterocycles. The van der Waals surface area contributed by atoms with E-state index >= 15 is 0 Å². The first-order valence-electron chi connectivity index (χ1n) is 6.36. The zero-order chi connectivity index (χ0) is 16.0. The van der Waals surface area contributed by atoms with Crippen LogP contribution in [0, 0.1) is 5.92 Å². The number of aliphatic carboxylic acids is 1. The largest absolute Gasteiger partial charge is 0.481 e. The molecule has 1 rings (SSSR count). The number of amides is 1. The predicted molar refractivity (Wildman–Crippen MR) is 70.9 cm³/mol. The van der Waals surface area contributed by atoms with Crippen molar-refractivity contribution in [1.82, 2.24) is 0 Å². The number of nitrogens with one attached hydrogen (secondary N) is 1. The second-order valence-electron chi connectivity index (χ2n) is 4.80. The van der Waals surface area contributed by atoms with Gasteiger partial charge in [-0.2, -0.15) is 13.2 Å². The zero-order valence-electron chi connectivity index (χ0n) is 11.4. The van der Waals surface area contributed by atoms with Crippen molar-refractivity contribution in [2.75, 3.05) is 5.32 Å². The van der Waals surface area contributed by atoms with Gasteiger partial charge in [0.1, 0.15) is 0 Å². The minimum Gasteiger partial charge on any atom is -0.481 e. The first-order valence-corrected chi connectivity index (χ1v) is 6.36. The standard InChI is InChI=1S/C14H16F3NO3/c1-9(13(20)21)8-10-2-4-11(5-3-10)18-12(19)6-7-14(15,16)17/h2-5,9H,6-8H2,1H3,(H,18,19)(H,20,21). The minimum atomic E-state index is -4.35. The third kappa shape index (κ3) is 6.78. The molecule has 21 heavy (non-hydrogen) atoms. The van der Waals surface area contributed by atoms with Gasteiger partial charge in [-0.25, -0.2) is 0 Å². The molecule has 0 saturated carbocycles. The predicted octanol–water partition coefficient (Wildman–Crippen LogP) is 3.23. The minimum absolute atomic E-state index is 0.345. The molecule has 7 heteroatoms. The summed E-state index contributed by atoms with van der Waals surface area (Å²) in [4.78, 5) is 22.0. The Morgan fingerprint density at radius 2 is 1.81 bits per heavy atom. The van der Waals surface area contributed by atoms with Gasteiger partial charge in [0.2, 0.25) is 5.91 Å². The SMILES string of the molecule is CC(Cc1ccc(NC(=O)CCC(F)(F)F)cc1)C(=O)O. The Morgan fingerprint density at radius 1 is 1.24 bits per heavy atom. The topological polar surface area (TPSA) is 66.4 Å². The molecule has 0 aliphatic rings. The molecule has 0 aliphatic heterocycles. The summed E-state index contributed by atoms with van der Waals surface area (Å²) in [6.45, 7) is 1.58. The first kappa shape index (κ1) is 17.0. The monoisotopic (exact) mass is 303 g/mol. The number of rotatable bonds is 6. The van der Waals surface area contributed by atoms with Gasteiger partial charge >= 0.3 is 12.1 Å². The van der Waals surface area contributed by atoms with Crippen LogP contribution in [0.3, 0.4) is 0 Å². The van der Waals surface area contributed by atoms with Gasteiger partial charge in [0.05, 0.1) is 12.3 Å². The Kier molecular flexibility index (Phi) is 5.75. The summed E-state index contributed by atoms with van der Waals surface area (Å²) >= 11 is 0. The lowest BCUT2D eigenvalue weighted by Crippen LogP contribution is -2.16. The van der Waals surface area contributed by atoms with E-state index in [2.05, 4.69) is 5.32 Å². The zero-order valence-corrected chi connectivity index (χ0v) is 11.4. The molecular weight excluding hydrogens is 287 g/mol. The highest BCUT2D eigenvalue weighted by molar-refractivity contribution is 5.90. The molecule has 116 valence electrons. The van der Waals surface area contributed by atoms with E-state index in [4.69, 9.17) is 5.11 Å². The molecule has 1 unspecified atom stereocenters. The number of carboxylic acid groups (broad SMARTS) is 1. The molecule has 1 atom stereocenters. The van der Waals surface area contributed by atoms with Crippen molar-refractivity contribution in [1.29, 1.82) is 0 Å². The van der Waals surface area contributed by atoms with E-state index in [1.807, 2.05) is 0 Å². The van der Waals surface area contributed by atoms with E-state index in [0.717, 1.165) is 5.56 Å². The van der Waals surface area contributed by atoms with Crippen LogP contribution >= 0.6 is 0 Å². The Morgan fingerprint density at radius 3 is 2.29 bits per heavy atom. The summed E-state index contributed by atoms with van der Waals surface area (Å²) in [6.07, 6.45) is -5.79. The van der Waals surface area contributed by atoms with E-state index in [0.29, 0.717) is 12.1 Å². The number of carbonyl (C=O) groups excluding carboxylic acids is 1. The van der Waals surface area contributed by atoms with E-state index in [1.54, 1.807) is 19.1 Å². The summed E-state index contributed by atoms with van der Waals surface area (Å²) in [5.74, 6) is -2.14. The molecule has 0 spiro atoms. The number of benzene rings is 1. The van der Waals surface area contributed by atoms with Crippen LogP contribution in [0.5, 0.6) is 0 Å². The lowest BCUT2D eigenvalue weighted by atomic mass is 10.0. The summed E-state index contributed by atoms with van der Waals surface area (Å²) in [7, 11) is 0. The highest BCUT2D eigenvalue weighted by Gasteiger charge is 2.27. The molecule has 0 aliphatic carbocycles. The Labute approximate surface area is 120 Å². The molecule has 1 aromatic rings. The number of alkyl halides is 3. The van der Waals surface area contributed by atoms with Crippen LogP contribution in [-0.2, 0) is 16.0 Å². The molecule has 2 N–H and O–H groups in total. The molecule has 4 nitrogen and oxygen atoms in total. The van der Waals surface area contributed by atoms with Gasteiger partial charge in [-0.05, 0) is 24.1 Å². The van der Waals surface area contributed by atoms with Crippen molar-refractivity contribution in [3.05, 3.63) is 29.8 Å². The van der Waals surface area contributed by atoms with Gasteiger partial charge in [-0.1, -0.05) is 19.1 Å². The van der Waals surface area contributed by atoms with Crippen molar-refractivity contribution in [2.24, 2.45) is 5.92 Å². The molecule has 0 bridgehead atoms. The van der Waals surface area contributed by atoms with Gasteiger partial charge in [-0.3, -0.25) is 9.59 Å². The van der Waals surface area contributed by atoms with E-state index < -0.39 is 36.8 Å². The Hall–Kier alpha value is -2.05. The Bertz CT molecular complexity index is 497. The summed E-state index contributed by atoms with van der Waals surface area (Å²) in [6, 6.07) is 6.35. The van der Waals surface area contributed by atoms with Crippen molar-refractivity contribution in [3.63, 3.8) is 0 Å². The second kappa shape index (κ2) is 7.10. The second-order valence-corrected chi connectivity index (χ2v) is 4.80. The van der Waals surface area contributed by atoms with Crippen LogP contribution in [0.1, 0.15) is 25.3 Å². The fourth-order valence-corrected chi connectivity index (χ4v) is 1.64. The molecule has 0 saturated heterocycles. The van der Waals surface area contributed by atoms with E-state index in [1.165, 1.54) is 12.1 Å². The van der Waals surface area contributed by atoms with Crippen LogP contribution in [0.2, 0.25) is 0 Å². The van der Waals surface area contributed by atoms with Crippen LogP contribution in [0.15, 0.2) is 24.3 Å². The average Bonchev–Trinajstić information content (AvgIpc) is 2.38. The Balaban J connectivity index is 2.51. The number of carboxylic acids is 1. The number of carbonyl (C=O) groups is 2. The smallest absolute Gasteiger partial charge is 0.389 e. The third-order valence-corrected chi connectivity index (χ3v) is 2.84. The third-order valence-electron chi connectivity index (χ3n) is 2.84. The van der Waals surface area contributed by atoms with E-state index in [-0.39, 0.29) is 0 Å². The van der Waals surface area contributed by atoms with Crippen molar-refractivity contribution in [2.45, 2.75) is 32.4 Å². The van der Waals surface area contributed by atoms with Crippen molar-refractivity contribution < 1.29 is 27.9 Å². The fraction of sp³-hybridized carbons (Fsp3) is 0.429.